The van der Waals surface area contributed by atoms with E-state index in [0.29, 0.717) is 37.4 Å². The van der Waals surface area contributed by atoms with Crippen LogP contribution in [0, 0.1) is 11.8 Å². The highest BCUT2D eigenvalue weighted by Gasteiger charge is 2.50. The van der Waals surface area contributed by atoms with Crippen molar-refractivity contribution in [1.29, 1.82) is 0 Å². The van der Waals surface area contributed by atoms with E-state index in [1.807, 2.05) is 43.3 Å². The molecule has 2 aliphatic rings. The van der Waals surface area contributed by atoms with Crippen LogP contribution in [0.4, 0.5) is 0 Å². The first-order valence-corrected chi connectivity index (χ1v) is 12.0. The number of likely N-dealkylation sites (tertiary alicyclic amines) is 1. The van der Waals surface area contributed by atoms with Crippen molar-refractivity contribution in [3.8, 4) is 11.5 Å². The number of allylic oxidation sites excluding steroid dienone is 2. The van der Waals surface area contributed by atoms with Crippen molar-refractivity contribution in [2.45, 2.75) is 39.3 Å². The summed E-state index contributed by atoms with van der Waals surface area (Å²) in [7, 11) is 0. The van der Waals surface area contributed by atoms with Crippen molar-refractivity contribution in [3.05, 3.63) is 71.8 Å². The summed E-state index contributed by atoms with van der Waals surface area (Å²) in [4.78, 5) is 51.4. The molecule has 0 spiro atoms. The molecular formula is C27H29N3O6. The van der Waals surface area contributed by atoms with Crippen LogP contribution >= 0.6 is 0 Å². The summed E-state index contributed by atoms with van der Waals surface area (Å²) in [5.74, 6) is -1.20. The number of amides is 4. The number of imide groups is 1. The van der Waals surface area contributed by atoms with Crippen LogP contribution in [-0.2, 0) is 21.0 Å². The maximum atomic E-state index is 12.7. The molecule has 3 unspecified atom stereocenters. The van der Waals surface area contributed by atoms with Gasteiger partial charge in [-0.05, 0) is 68.7 Å². The minimum atomic E-state index is -1.03. The van der Waals surface area contributed by atoms with E-state index in [1.54, 1.807) is 24.3 Å². The number of carbonyl (C=O) groups is 4. The van der Waals surface area contributed by atoms with Gasteiger partial charge in [-0.1, -0.05) is 24.3 Å². The van der Waals surface area contributed by atoms with Crippen LogP contribution in [0.2, 0.25) is 0 Å². The van der Waals surface area contributed by atoms with Crippen molar-refractivity contribution in [2.24, 2.45) is 11.8 Å². The number of rotatable bonds is 8. The van der Waals surface area contributed by atoms with Gasteiger partial charge in [0, 0.05) is 5.56 Å². The lowest BCUT2D eigenvalue weighted by atomic mass is 9.85. The van der Waals surface area contributed by atoms with E-state index >= 15 is 0 Å². The second-order valence-corrected chi connectivity index (χ2v) is 8.71. The average Bonchev–Trinajstić information content (AvgIpc) is 3.16. The molecule has 36 heavy (non-hydrogen) atoms. The highest BCUT2D eigenvalue weighted by Crippen LogP contribution is 2.36. The molecule has 3 atom stereocenters. The third-order valence-corrected chi connectivity index (χ3v) is 6.36. The lowest BCUT2D eigenvalue weighted by Crippen LogP contribution is -2.53. The summed E-state index contributed by atoms with van der Waals surface area (Å²) in [6.45, 7) is 4.31. The van der Waals surface area contributed by atoms with Crippen molar-refractivity contribution in [1.82, 2.24) is 15.8 Å². The Bertz CT molecular complexity index is 1130. The molecule has 0 radical (unpaired) electrons. The minimum Gasteiger partial charge on any atom is -0.494 e. The molecule has 0 saturated carbocycles. The number of hydrazine groups is 1. The van der Waals surface area contributed by atoms with Gasteiger partial charge in [-0.15, -0.1) is 0 Å². The number of hydrogen-bond donors (Lipinski definition) is 2. The molecule has 1 heterocycles. The maximum Gasteiger partial charge on any atom is 0.269 e. The fourth-order valence-electron chi connectivity index (χ4n) is 4.34. The molecule has 4 amide bonds. The van der Waals surface area contributed by atoms with E-state index in [1.165, 1.54) is 6.92 Å². The second-order valence-electron chi connectivity index (χ2n) is 8.71. The molecule has 1 fully saturated rings. The second kappa shape index (κ2) is 11.1. The van der Waals surface area contributed by atoms with E-state index in [4.69, 9.17) is 9.47 Å². The minimum absolute atomic E-state index is 0.319. The van der Waals surface area contributed by atoms with Crippen molar-refractivity contribution >= 4 is 23.6 Å². The summed E-state index contributed by atoms with van der Waals surface area (Å²) in [6.07, 6.45) is 4.77. The molecule has 2 aromatic rings. The topological polar surface area (TPSA) is 114 Å². The predicted octanol–water partition coefficient (Wildman–Crippen LogP) is 2.77. The first-order chi connectivity index (χ1) is 17.4. The average molecular weight is 492 g/mol. The van der Waals surface area contributed by atoms with Gasteiger partial charge in [0.2, 0.25) is 11.8 Å². The van der Waals surface area contributed by atoms with Crippen LogP contribution in [0.15, 0.2) is 60.7 Å². The first-order valence-electron chi connectivity index (χ1n) is 12.0. The maximum absolute atomic E-state index is 12.7. The van der Waals surface area contributed by atoms with Gasteiger partial charge >= 0.3 is 0 Å². The smallest absolute Gasteiger partial charge is 0.269 e. The number of nitrogens with one attached hydrogen (secondary N) is 2. The van der Waals surface area contributed by atoms with Crippen LogP contribution in [0.1, 0.15) is 42.6 Å². The van der Waals surface area contributed by atoms with Crippen LogP contribution < -0.4 is 20.3 Å². The molecule has 2 N–H and O–H groups in total. The fraction of sp³-hybridized carbons (Fsp3) is 0.333. The fourth-order valence-corrected chi connectivity index (χ4v) is 4.34. The van der Waals surface area contributed by atoms with Crippen molar-refractivity contribution < 1.29 is 28.7 Å². The third kappa shape index (κ3) is 5.40. The van der Waals surface area contributed by atoms with Crippen LogP contribution in [-0.4, -0.2) is 41.2 Å². The zero-order chi connectivity index (χ0) is 25.7. The summed E-state index contributed by atoms with van der Waals surface area (Å²) < 4.78 is 11.2. The Morgan fingerprint density at radius 2 is 1.44 bits per heavy atom. The zero-order valence-electron chi connectivity index (χ0n) is 20.2. The van der Waals surface area contributed by atoms with E-state index < -0.39 is 29.7 Å². The lowest BCUT2D eigenvalue weighted by Gasteiger charge is -2.22. The van der Waals surface area contributed by atoms with Gasteiger partial charge in [-0.2, -0.15) is 0 Å². The van der Waals surface area contributed by atoms with Crippen LogP contribution in [0.25, 0.3) is 0 Å². The molecule has 9 heteroatoms. The number of benzene rings is 2. The first kappa shape index (κ1) is 25.0. The number of hydrogen-bond acceptors (Lipinski definition) is 6. The molecule has 0 aromatic heterocycles. The zero-order valence-corrected chi connectivity index (χ0v) is 20.2. The number of nitrogens with zero attached hydrogens (tertiary/aromatic N) is 1. The third-order valence-electron chi connectivity index (χ3n) is 6.36. The Morgan fingerprint density at radius 3 is 2.00 bits per heavy atom. The van der Waals surface area contributed by atoms with Gasteiger partial charge in [0.25, 0.3) is 11.8 Å². The highest BCUT2D eigenvalue weighted by molar-refractivity contribution is 6.08. The van der Waals surface area contributed by atoms with Gasteiger partial charge < -0.3 is 9.47 Å². The normalized spacial score (nSPS) is 19.4. The lowest BCUT2D eigenvalue weighted by molar-refractivity contribution is -0.147. The SMILES string of the molecule is CCOc1ccc(OCc2ccc(C(=O)NNC(=O)C(C)N3C(=O)C4CC=CCC4C3=O)cc2)cc1. The van der Waals surface area contributed by atoms with Gasteiger partial charge in [0.1, 0.15) is 24.1 Å². The van der Waals surface area contributed by atoms with Crippen molar-refractivity contribution in [2.75, 3.05) is 6.61 Å². The van der Waals surface area contributed by atoms with Gasteiger partial charge in [-0.25, -0.2) is 0 Å². The quantitative estimate of drug-likeness (QED) is 0.334. The van der Waals surface area contributed by atoms with E-state index in [0.717, 1.165) is 16.2 Å². The molecule has 188 valence electrons. The summed E-state index contributed by atoms with van der Waals surface area (Å²) >= 11 is 0. The Kier molecular flexibility index (Phi) is 7.68. The number of ether oxygens (including phenoxy) is 2. The largest absolute Gasteiger partial charge is 0.494 e. The molecule has 4 rings (SSSR count). The van der Waals surface area contributed by atoms with E-state index in [9.17, 15) is 19.2 Å². The summed E-state index contributed by atoms with van der Waals surface area (Å²) in [5, 5.41) is 0. The molecule has 1 saturated heterocycles. The molecule has 9 nitrogen and oxygen atoms in total. The summed E-state index contributed by atoms with van der Waals surface area (Å²) in [6, 6.07) is 13.0. The van der Waals surface area contributed by atoms with Gasteiger partial charge in [0.05, 0.1) is 18.4 Å². The van der Waals surface area contributed by atoms with Crippen LogP contribution in [0.5, 0.6) is 11.5 Å². The number of carbonyl (C=O) groups excluding carboxylic acids is 4. The molecule has 1 aliphatic heterocycles. The van der Waals surface area contributed by atoms with E-state index in [2.05, 4.69) is 10.9 Å². The molecular weight excluding hydrogens is 462 g/mol. The Labute approximate surface area is 209 Å². The molecule has 0 bridgehead atoms. The van der Waals surface area contributed by atoms with E-state index in [-0.39, 0.29) is 11.8 Å². The summed E-state index contributed by atoms with van der Waals surface area (Å²) in [5.41, 5.74) is 5.86. The highest BCUT2D eigenvalue weighted by atomic mass is 16.5. The van der Waals surface area contributed by atoms with Gasteiger partial charge in [-0.3, -0.25) is 34.9 Å². The standard InChI is InChI=1S/C27H29N3O6/c1-3-35-20-12-14-21(15-13-20)36-16-18-8-10-19(11-9-18)25(32)29-28-24(31)17(2)30-26(33)22-6-4-5-7-23(22)27(30)34/h4-5,8-15,17,22-23H,3,6-7,16H2,1-2H3,(H,28,31)(H,29,32). The number of fused-ring (bicyclic) bond motifs is 1. The Balaban J connectivity index is 1.26. The molecule has 1 aliphatic carbocycles. The van der Waals surface area contributed by atoms with Gasteiger partial charge in [0.15, 0.2) is 0 Å². The molecule has 2 aromatic carbocycles. The Morgan fingerprint density at radius 1 is 0.889 bits per heavy atom. The van der Waals surface area contributed by atoms with Crippen molar-refractivity contribution in [3.63, 3.8) is 0 Å². The predicted molar refractivity (Wildman–Crippen MR) is 131 cm³/mol. The van der Waals surface area contributed by atoms with Crippen LogP contribution in [0.3, 0.4) is 0 Å². The Hall–Kier alpha value is -4.14. The monoisotopic (exact) mass is 491 g/mol.